The molecular formula is C22H17N5O5. The third kappa shape index (κ3) is 3.88. The summed E-state index contributed by atoms with van der Waals surface area (Å²) in [4.78, 5) is 38.4. The van der Waals surface area contributed by atoms with Gasteiger partial charge >= 0.3 is 0 Å². The van der Waals surface area contributed by atoms with Crippen LogP contribution in [-0.2, 0) is 4.79 Å². The van der Waals surface area contributed by atoms with Gasteiger partial charge in [-0.25, -0.2) is 4.98 Å². The molecule has 0 spiro atoms. The monoisotopic (exact) mass is 431 g/mol. The van der Waals surface area contributed by atoms with Crippen molar-refractivity contribution < 1.29 is 14.6 Å². The smallest absolute Gasteiger partial charge is 0.270 e. The molecule has 4 aromatic rings. The number of hydrogen-bond donors (Lipinski definition) is 1. The van der Waals surface area contributed by atoms with Crippen LogP contribution in [0.2, 0.25) is 0 Å². The number of hydrogen-bond acceptors (Lipinski definition) is 6. The molecule has 10 nitrogen and oxygen atoms in total. The van der Waals surface area contributed by atoms with Crippen molar-refractivity contribution in [3.63, 3.8) is 0 Å². The molecule has 2 aromatic carbocycles. The first-order valence-electron chi connectivity index (χ1n) is 9.58. The number of imidazole rings is 1. The Hall–Kier alpha value is -4.60. The minimum Gasteiger partial charge on any atom is -0.344 e. The normalized spacial score (nSPS) is 11.8. The van der Waals surface area contributed by atoms with Crippen LogP contribution in [0.3, 0.4) is 0 Å². The Morgan fingerprint density at radius 1 is 0.969 bits per heavy atom. The van der Waals surface area contributed by atoms with Gasteiger partial charge in [-0.2, -0.15) is 0 Å². The van der Waals surface area contributed by atoms with Crippen LogP contribution in [-0.4, -0.2) is 25.1 Å². The molecule has 1 atom stereocenters. The highest BCUT2D eigenvalue weighted by molar-refractivity contribution is 5.76. The molecule has 0 aliphatic heterocycles. The summed E-state index contributed by atoms with van der Waals surface area (Å²) in [6.45, 7) is 1.35. The zero-order valence-electron chi connectivity index (χ0n) is 16.8. The Balaban J connectivity index is 2.00. The highest BCUT2D eigenvalue weighted by Gasteiger charge is 2.27. The van der Waals surface area contributed by atoms with Crippen LogP contribution in [0.25, 0.3) is 16.9 Å². The van der Waals surface area contributed by atoms with E-state index in [-0.39, 0.29) is 17.3 Å². The molecule has 4 rings (SSSR count). The molecule has 160 valence electrons. The second-order valence-electron chi connectivity index (χ2n) is 7.07. The lowest BCUT2D eigenvalue weighted by Gasteiger charge is -2.20. The van der Waals surface area contributed by atoms with Crippen molar-refractivity contribution in [3.8, 4) is 11.3 Å². The molecule has 0 radical (unpaired) electrons. The fraction of sp³-hybridized carbons (Fsp3) is 0.0909. The summed E-state index contributed by atoms with van der Waals surface area (Å²) in [6.07, 6.45) is 1.75. The fourth-order valence-corrected chi connectivity index (χ4v) is 3.60. The number of fused-ring (bicyclic) bond motifs is 1. The highest BCUT2D eigenvalue weighted by atomic mass is 16.6. The number of carbonyl (C=O) groups excluding carboxylic acids is 1. The van der Waals surface area contributed by atoms with Crippen LogP contribution >= 0.6 is 0 Å². The molecule has 32 heavy (non-hydrogen) atoms. The SMILES string of the molecule is CC(=O)NC(c1cccc([N+](=O)[O-])c1)c1c(-c2cccc([N+](=O)[O-])c2)nc2ccccn12. The highest BCUT2D eigenvalue weighted by Crippen LogP contribution is 2.35. The quantitative estimate of drug-likeness (QED) is 0.362. The van der Waals surface area contributed by atoms with E-state index < -0.39 is 15.9 Å². The number of pyridine rings is 1. The molecule has 2 heterocycles. The predicted molar refractivity (Wildman–Crippen MR) is 116 cm³/mol. The number of benzene rings is 2. The van der Waals surface area contributed by atoms with Gasteiger partial charge in [-0.3, -0.25) is 25.0 Å². The number of rotatable bonds is 6. The molecule has 10 heteroatoms. The molecule has 0 aliphatic carbocycles. The maximum absolute atomic E-state index is 12.1. The summed E-state index contributed by atoms with van der Waals surface area (Å²) in [6, 6.07) is 16.6. The summed E-state index contributed by atoms with van der Waals surface area (Å²) in [5.74, 6) is -0.350. The number of non-ortho nitro benzene ring substituents is 2. The maximum Gasteiger partial charge on any atom is 0.270 e. The van der Waals surface area contributed by atoms with Crippen molar-refractivity contribution in [2.45, 2.75) is 13.0 Å². The van der Waals surface area contributed by atoms with E-state index in [1.54, 1.807) is 53.1 Å². The number of nitrogens with one attached hydrogen (secondary N) is 1. The summed E-state index contributed by atoms with van der Waals surface area (Å²) in [5, 5.41) is 25.5. The van der Waals surface area contributed by atoms with E-state index in [9.17, 15) is 25.0 Å². The molecule has 0 aliphatic rings. The van der Waals surface area contributed by atoms with Gasteiger partial charge in [-0.1, -0.05) is 30.3 Å². The average molecular weight is 431 g/mol. The van der Waals surface area contributed by atoms with E-state index >= 15 is 0 Å². The van der Waals surface area contributed by atoms with Crippen molar-refractivity contribution in [3.05, 3.63) is 104 Å². The Kier molecular flexibility index (Phi) is 5.34. The lowest BCUT2D eigenvalue weighted by atomic mass is 9.98. The van der Waals surface area contributed by atoms with Crippen molar-refractivity contribution in [2.75, 3.05) is 0 Å². The standard InChI is InChI=1S/C22H17N5O5/c1-14(28)23-20(15-6-4-8-17(12-15)26(29)30)22-21(24-19-10-2-3-11-25(19)22)16-7-5-9-18(13-16)27(31)32/h2-13,20H,1H3,(H,23,28). The molecule has 1 unspecified atom stereocenters. The second kappa shape index (κ2) is 8.26. The molecule has 0 fully saturated rings. The molecule has 0 saturated heterocycles. The van der Waals surface area contributed by atoms with Crippen LogP contribution in [0.1, 0.15) is 24.2 Å². The van der Waals surface area contributed by atoms with Crippen LogP contribution < -0.4 is 5.32 Å². The van der Waals surface area contributed by atoms with Gasteiger partial charge in [0.2, 0.25) is 5.91 Å². The van der Waals surface area contributed by atoms with E-state index in [4.69, 9.17) is 0 Å². The van der Waals surface area contributed by atoms with Gasteiger partial charge < -0.3 is 9.72 Å². The Bertz CT molecular complexity index is 1360. The third-order valence-corrected chi connectivity index (χ3v) is 4.93. The molecule has 0 saturated carbocycles. The minimum atomic E-state index is -0.793. The Morgan fingerprint density at radius 3 is 2.34 bits per heavy atom. The molecule has 1 amide bonds. The van der Waals surface area contributed by atoms with Crippen LogP contribution in [0.5, 0.6) is 0 Å². The van der Waals surface area contributed by atoms with Gasteiger partial charge in [-0.15, -0.1) is 0 Å². The average Bonchev–Trinajstić information content (AvgIpc) is 3.17. The molecular weight excluding hydrogens is 414 g/mol. The first kappa shape index (κ1) is 20.7. The fourth-order valence-electron chi connectivity index (χ4n) is 3.60. The zero-order chi connectivity index (χ0) is 22.8. The summed E-state index contributed by atoms with van der Waals surface area (Å²) >= 11 is 0. The van der Waals surface area contributed by atoms with E-state index in [2.05, 4.69) is 10.3 Å². The Morgan fingerprint density at radius 2 is 1.66 bits per heavy atom. The van der Waals surface area contributed by atoms with E-state index in [0.717, 1.165) is 0 Å². The second-order valence-corrected chi connectivity index (χ2v) is 7.07. The summed E-state index contributed by atoms with van der Waals surface area (Å²) in [7, 11) is 0. The number of nitro benzene ring substituents is 2. The van der Waals surface area contributed by atoms with Crippen molar-refractivity contribution in [1.82, 2.24) is 14.7 Å². The van der Waals surface area contributed by atoms with E-state index in [1.165, 1.54) is 31.2 Å². The van der Waals surface area contributed by atoms with Crippen LogP contribution in [0.15, 0.2) is 72.9 Å². The van der Waals surface area contributed by atoms with Crippen LogP contribution in [0, 0.1) is 20.2 Å². The first-order chi connectivity index (χ1) is 15.3. The van der Waals surface area contributed by atoms with Crippen molar-refractivity contribution in [1.29, 1.82) is 0 Å². The number of nitro groups is 2. The predicted octanol–water partition coefficient (Wildman–Crippen LogP) is 4.04. The van der Waals surface area contributed by atoms with Gasteiger partial charge in [0.25, 0.3) is 11.4 Å². The lowest BCUT2D eigenvalue weighted by molar-refractivity contribution is -0.385. The van der Waals surface area contributed by atoms with Crippen molar-refractivity contribution >= 4 is 22.9 Å². The minimum absolute atomic E-state index is 0.100. The van der Waals surface area contributed by atoms with Gasteiger partial charge in [0.15, 0.2) is 0 Å². The van der Waals surface area contributed by atoms with Gasteiger partial charge in [-0.05, 0) is 17.7 Å². The lowest BCUT2D eigenvalue weighted by Crippen LogP contribution is -2.28. The zero-order valence-corrected chi connectivity index (χ0v) is 16.8. The number of amides is 1. The summed E-state index contributed by atoms with van der Waals surface area (Å²) < 4.78 is 1.76. The number of nitrogens with zero attached hydrogens (tertiary/aromatic N) is 4. The largest absolute Gasteiger partial charge is 0.344 e. The van der Waals surface area contributed by atoms with Gasteiger partial charge in [0, 0.05) is 42.9 Å². The molecule has 1 N–H and O–H groups in total. The number of carbonyl (C=O) groups is 1. The van der Waals surface area contributed by atoms with Gasteiger partial charge in [0.05, 0.1) is 27.3 Å². The molecule has 0 bridgehead atoms. The van der Waals surface area contributed by atoms with Crippen molar-refractivity contribution in [2.24, 2.45) is 0 Å². The summed E-state index contributed by atoms with van der Waals surface area (Å²) in [5.41, 5.74) is 2.25. The maximum atomic E-state index is 12.1. The Labute approximate surface area is 181 Å². The van der Waals surface area contributed by atoms with Gasteiger partial charge in [0.1, 0.15) is 5.65 Å². The number of aromatic nitrogens is 2. The third-order valence-electron chi connectivity index (χ3n) is 4.93. The molecule has 2 aromatic heterocycles. The van der Waals surface area contributed by atoms with E-state index in [1.807, 2.05) is 0 Å². The topological polar surface area (TPSA) is 133 Å². The first-order valence-corrected chi connectivity index (χ1v) is 9.58. The van der Waals surface area contributed by atoms with E-state index in [0.29, 0.717) is 28.2 Å². The van der Waals surface area contributed by atoms with Crippen LogP contribution in [0.4, 0.5) is 11.4 Å².